The number of rotatable bonds is 3. The van der Waals surface area contributed by atoms with Gasteiger partial charge in [-0.25, -0.2) is 0 Å². The summed E-state index contributed by atoms with van der Waals surface area (Å²) in [7, 11) is 0. The smallest absolute Gasteiger partial charge is 0.317 e. The lowest BCUT2D eigenvalue weighted by Crippen LogP contribution is -2.43. The molecular weight excluding hydrogens is 403 g/mol. The molecule has 9 heteroatoms. The van der Waals surface area contributed by atoms with Crippen molar-refractivity contribution >= 4 is 51.5 Å². The average Bonchev–Trinajstić information content (AvgIpc) is 2.66. The Bertz CT molecular complexity index is 1220. The van der Waals surface area contributed by atoms with Crippen molar-refractivity contribution in [3.05, 3.63) is 66.6 Å². The molecule has 4 rings (SSSR count). The Morgan fingerprint density at radius 3 is 2.68 bits per heavy atom. The number of anilines is 2. The van der Waals surface area contributed by atoms with Crippen LogP contribution in [0.25, 0.3) is 11.0 Å². The van der Waals surface area contributed by atoms with Crippen molar-refractivity contribution in [2.75, 3.05) is 17.2 Å². The molecule has 0 aliphatic carbocycles. The first-order chi connectivity index (χ1) is 13.3. The van der Waals surface area contributed by atoms with E-state index in [9.17, 15) is 14.4 Å². The van der Waals surface area contributed by atoms with E-state index >= 15 is 0 Å². The molecule has 1 aliphatic heterocycles. The number of H-pyrrole nitrogens is 1. The average molecular weight is 419 g/mol. The summed E-state index contributed by atoms with van der Waals surface area (Å²) >= 11 is 12.4. The van der Waals surface area contributed by atoms with Gasteiger partial charge in [0, 0.05) is 18.7 Å². The molecule has 144 valence electrons. The number of aromatic nitrogens is 2. The largest absolute Gasteiger partial charge is 0.380 e. The fourth-order valence-electron chi connectivity index (χ4n) is 3.40. The number of carbonyl (C=O) groups excluding carboxylic acids is 1. The highest BCUT2D eigenvalue weighted by Gasteiger charge is 2.28. The van der Waals surface area contributed by atoms with Crippen LogP contribution < -0.4 is 21.8 Å². The van der Waals surface area contributed by atoms with Crippen LogP contribution in [0.15, 0.2) is 39.9 Å². The van der Waals surface area contributed by atoms with Gasteiger partial charge >= 0.3 is 11.1 Å². The number of nitrogens with one attached hydrogen (secondary N) is 3. The molecule has 0 spiro atoms. The maximum atomic E-state index is 12.6. The Labute approximate surface area is 169 Å². The maximum absolute atomic E-state index is 12.6. The molecule has 0 bridgehead atoms. The minimum atomic E-state index is -0.775. The number of benzene rings is 2. The van der Waals surface area contributed by atoms with Crippen LogP contribution in [0.3, 0.4) is 0 Å². The van der Waals surface area contributed by atoms with E-state index < -0.39 is 17.2 Å². The van der Waals surface area contributed by atoms with E-state index in [1.165, 1.54) is 10.6 Å². The Morgan fingerprint density at radius 2 is 1.96 bits per heavy atom. The van der Waals surface area contributed by atoms with Crippen molar-refractivity contribution < 1.29 is 4.79 Å². The third-order valence-electron chi connectivity index (χ3n) is 4.73. The molecule has 2 aromatic carbocycles. The molecular formula is C19H16Cl2N4O3. The number of aryl methyl sites for hydroxylation is 1. The summed E-state index contributed by atoms with van der Waals surface area (Å²) in [5.74, 6) is -0.264. The van der Waals surface area contributed by atoms with Gasteiger partial charge in [-0.3, -0.25) is 19.0 Å². The molecule has 7 nitrogen and oxygen atoms in total. The lowest BCUT2D eigenvalue weighted by molar-refractivity contribution is -0.116. The first kappa shape index (κ1) is 18.6. The number of amides is 1. The normalized spacial score (nSPS) is 15.3. The van der Waals surface area contributed by atoms with Crippen LogP contribution in [0.5, 0.6) is 0 Å². The van der Waals surface area contributed by atoms with Gasteiger partial charge in [-0.2, -0.15) is 0 Å². The van der Waals surface area contributed by atoms with E-state index in [1.807, 2.05) is 19.1 Å². The fraction of sp³-hybridized carbons (Fsp3) is 0.211. The zero-order chi connectivity index (χ0) is 20.0. The first-order valence-corrected chi connectivity index (χ1v) is 9.37. The van der Waals surface area contributed by atoms with Gasteiger partial charge in [0.1, 0.15) is 0 Å². The van der Waals surface area contributed by atoms with Gasteiger partial charge in [-0.15, -0.1) is 0 Å². The molecule has 3 aromatic rings. The lowest BCUT2D eigenvalue weighted by atomic mass is 10.1. The van der Waals surface area contributed by atoms with E-state index in [0.717, 1.165) is 5.56 Å². The van der Waals surface area contributed by atoms with Crippen LogP contribution >= 0.6 is 23.2 Å². The second-order valence-electron chi connectivity index (χ2n) is 6.73. The van der Waals surface area contributed by atoms with Crippen LogP contribution in [0.2, 0.25) is 10.0 Å². The van der Waals surface area contributed by atoms with Gasteiger partial charge in [-0.05, 0) is 25.1 Å². The molecule has 0 saturated heterocycles. The molecule has 1 amide bonds. The van der Waals surface area contributed by atoms with Crippen molar-refractivity contribution in [1.82, 2.24) is 9.55 Å². The first-order valence-electron chi connectivity index (χ1n) is 8.62. The van der Waals surface area contributed by atoms with Gasteiger partial charge in [0.05, 0.1) is 32.8 Å². The van der Waals surface area contributed by atoms with E-state index in [1.54, 1.807) is 12.1 Å². The van der Waals surface area contributed by atoms with Gasteiger partial charge < -0.3 is 15.6 Å². The number of aromatic amines is 1. The van der Waals surface area contributed by atoms with Gasteiger partial charge in [0.2, 0.25) is 5.91 Å². The van der Waals surface area contributed by atoms with Crippen molar-refractivity contribution in [3.63, 3.8) is 0 Å². The summed E-state index contributed by atoms with van der Waals surface area (Å²) in [6.45, 7) is 2.21. The van der Waals surface area contributed by atoms with Crippen molar-refractivity contribution in [1.29, 1.82) is 0 Å². The Hall–Kier alpha value is -2.77. The van der Waals surface area contributed by atoms with Gasteiger partial charge in [0.15, 0.2) is 0 Å². The zero-order valence-corrected chi connectivity index (χ0v) is 16.3. The number of hydrogen-bond acceptors (Lipinski definition) is 4. The summed E-state index contributed by atoms with van der Waals surface area (Å²) < 4.78 is 1.33. The molecule has 0 saturated carbocycles. The predicted molar refractivity (Wildman–Crippen MR) is 111 cm³/mol. The molecule has 1 unspecified atom stereocenters. The monoisotopic (exact) mass is 418 g/mol. The van der Waals surface area contributed by atoms with Crippen LogP contribution in [0.4, 0.5) is 11.4 Å². The summed E-state index contributed by atoms with van der Waals surface area (Å²) in [4.78, 5) is 39.7. The highest BCUT2D eigenvalue weighted by molar-refractivity contribution is 6.45. The van der Waals surface area contributed by atoms with E-state index in [4.69, 9.17) is 23.2 Å². The van der Waals surface area contributed by atoms with Crippen LogP contribution in [0, 0.1) is 6.92 Å². The number of halogens is 2. The molecule has 3 N–H and O–H groups in total. The summed E-state index contributed by atoms with van der Waals surface area (Å²) in [6.07, 6.45) is 0.0129. The molecule has 0 radical (unpaired) electrons. The van der Waals surface area contributed by atoms with Crippen LogP contribution in [0.1, 0.15) is 18.0 Å². The Balaban J connectivity index is 1.73. The summed E-state index contributed by atoms with van der Waals surface area (Å²) in [6, 6.07) is 8.35. The van der Waals surface area contributed by atoms with Crippen molar-refractivity contribution in [2.45, 2.75) is 19.4 Å². The standard InChI is InChI=1S/C19H16Cl2N4O3/c1-9-2-4-10(5-3-9)23-14(26)6-11-8-22-16-15(21)12(20)7-13-17(16)25(11)19(28)18(27)24-13/h2-5,7,11,22H,6,8H2,1H3,(H,23,26)(H,24,27). The maximum Gasteiger partial charge on any atom is 0.317 e. The van der Waals surface area contributed by atoms with Crippen LogP contribution in [-0.2, 0) is 4.79 Å². The highest BCUT2D eigenvalue weighted by atomic mass is 35.5. The third kappa shape index (κ3) is 3.16. The summed E-state index contributed by atoms with van der Waals surface area (Å²) in [5, 5.41) is 6.46. The van der Waals surface area contributed by atoms with Gasteiger partial charge in [0.25, 0.3) is 0 Å². The number of carbonyl (C=O) groups is 1. The molecule has 1 atom stereocenters. The Kier molecular flexibility index (Phi) is 4.64. The SMILES string of the molecule is Cc1ccc(NC(=O)CC2CNc3c(Cl)c(Cl)cc4[nH]c(=O)c(=O)n2c34)cc1. The number of hydrogen-bond donors (Lipinski definition) is 3. The topological polar surface area (TPSA) is 96.0 Å². The van der Waals surface area contributed by atoms with E-state index in [-0.39, 0.29) is 28.9 Å². The quantitative estimate of drug-likeness (QED) is 0.568. The third-order valence-corrected chi connectivity index (χ3v) is 5.52. The summed E-state index contributed by atoms with van der Waals surface area (Å²) in [5.41, 5.74) is 1.51. The molecule has 1 aliphatic rings. The zero-order valence-electron chi connectivity index (χ0n) is 14.8. The Morgan fingerprint density at radius 1 is 1.25 bits per heavy atom. The molecule has 28 heavy (non-hydrogen) atoms. The molecule has 2 heterocycles. The molecule has 1 aromatic heterocycles. The van der Waals surface area contributed by atoms with Crippen molar-refractivity contribution in [2.24, 2.45) is 0 Å². The second-order valence-corrected chi connectivity index (χ2v) is 7.51. The van der Waals surface area contributed by atoms with Gasteiger partial charge in [-0.1, -0.05) is 40.9 Å². The number of nitrogens with zero attached hydrogens (tertiary/aromatic N) is 1. The highest BCUT2D eigenvalue weighted by Crippen LogP contribution is 2.39. The second kappa shape index (κ2) is 7.00. The van der Waals surface area contributed by atoms with E-state index in [2.05, 4.69) is 15.6 Å². The van der Waals surface area contributed by atoms with E-state index in [0.29, 0.717) is 22.4 Å². The minimum Gasteiger partial charge on any atom is -0.380 e. The minimum absolute atomic E-state index is 0.0129. The van der Waals surface area contributed by atoms with Crippen molar-refractivity contribution in [3.8, 4) is 0 Å². The molecule has 0 fully saturated rings. The lowest BCUT2D eigenvalue weighted by Gasteiger charge is -2.29. The fourth-order valence-corrected chi connectivity index (χ4v) is 3.81. The predicted octanol–water partition coefficient (Wildman–Crippen LogP) is 3.30. The van der Waals surface area contributed by atoms with Crippen LogP contribution in [-0.4, -0.2) is 22.0 Å².